The number of halogens is 1. The smallest absolute Gasteiger partial charge is 0.151 e. The van der Waals surface area contributed by atoms with Gasteiger partial charge in [0, 0.05) is 16.5 Å². The minimum Gasteiger partial charge on any atom is -0.303 e. The van der Waals surface area contributed by atoms with Crippen molar-refractivity contribution in [1.82, 2.24) is 0 Å². The lowest BCUT2D eigenvalue weighted by Gasteiger charge is -2.08. The van der Waals surface area contributed by atoms with Gasteiger partial charge in [-0.15, -0.1) is 0 Å². The molecule has 2 aromatic carbocycles. The maximum Gasteiger partial charge on any atom is 0.151 e. The molecule has 0 unspecified atom stereocenters. The zero-order valence-electron chi connectivity index (χ0n) is 8.44. The number of carbonyl (C=O) groups is 2. The molecule has 0 amide bonds. The van der Waals surface area contributed by atoms with Gasteiger partial charge in [0.2, 0.25) is 0 Å². The van der Waals surface area contributed by atoms with Gasteiger partial charge in [0.25, 0.3) is 0 Å². The van der Waals surface area contributed by atoms with Crippen molar-refractivity contribution in [1.29, 1.82) is 0 Å². The van der Waals surface area contributed by atoms with Gasteiger partial charge in [-0.2, -0.15) is 0 Å². The van der Waals surface area contributed by atoms with Gasteiger partial charge in [-0.1, -0.05) is 40.2 Å². The molecule has 0 radical (unpaired) electrons. The highest BCUT2D eigenvalue weighted by molar-refractivity contribution is 9.10. The summed E-state index contributed by atoms with van der Waals surface area (Å²) < 4.78 is 0.734. The summed E-state index contributed by atoms with van der Waals surface area (Å²) in [5.41, 5.74) is 1.35. The Morgan fingerprint density at radius 2 is 1.94 bits per heavy atom. The molecule has 0 heterocycles. The van der Waals surface area contributed by atoms with Crippen LogP contribution in [0.25, 0.3) is 10.8 Å². The minimum absolute atomic E-state index is 0.258. The van der Waals surface area contributed by atoms with Crippen LogP contribution in [0.15, 0.2) is 34.8 Å². The van der Waals surface area contributed by atoms with Crippen molar-refractivity contribution < 1.29 is 9.59 Å². The first-order valence-electron chi connectivity index (χ1n) is 4.87. The number of rotatable bonds is 3. The van der Waals surface area contributed by atoms with Gasteiger partial charge in [-0.3, -0.25) is 4.79 Å². The van der Waals surface area contributed by atoms with E-state index >= 15 is 0 Å². The summed E-state index contributed by atoms with van der Waals surface area (Å²) in [5, 5.41) is 1.98. The summed E-state index contributed by atoms with van der Waals surface area (Å²) in [5.74, 6) is 0. The predicted octanol–water partition coefficient (Wildman–Crippen LogP) is 3.16. The van der Waals surface area contributed by atoms with E-state index in [-0.39, 0.29) is 6.42 Å². The molecule has 0 atom stereocenters. The fourth-order valence-corrected chi connectivity index (χ4v) is 2.41. The van der Waals surface area contributed by atoms with Crippen LogP contribution in [0, 0.1) is 0 Å². The van der Waals surface area contributed by atoms with Crippen molar-refractivity contribution in [2.45, 2.75) is 6.42 Å². The topological polar surface area (TPSA) is 34.1 Å². The first-order valence-corrected chi connectivity index (χ1v) is 5.66. The Morgan fingerprint density at radius 1 is 1.19 bits per heavy atom. The van der Waals surface area contributed by atoms with Crippen molar-refractivity contribution in [2.75, 3.05) is 0 Å². The molecule has 0 saturated heterocycles. The average Bonchev–Trinajstić information content (AvgIpc) is 2.29. The summed E-state index contributed by atoms with van der Waals surface area (Å²) in [6, 6.07) is 9.61. The SMILES string of the molecule is O=CCc1c(C=O)c(Br)cc2ccccc12. The number of fused-ring (bicyclic) bond motifs is 1. The van der Waals surface area contributed by atoms with Crippen LogP contribution in [0.2, 0.25) is 0 Å². The van der Waals surface area contributed by atoms with Gasteiger partial charge in [0.05, 0.1) is 0 Å². The van der Waals surface area contributed by atoms with Gasteiger partial charge in [0.1, 0.15) is 6.29 Å². The third-order valence-corrected chi connectivity index (χ3v) is 3.21. The quantitative estimate of drug-likeness (QED) is 0.807. The summed E-state index contributed by atoms with van der Waals surface area (Å²) in [6.07, 6.45) is 1.87. The van der Waals surface area contributed by atoms with E-state index in [1.165, 1.54) is 0 Å². The van der Waals surface area contributed by atoms with Gasteiger partial charge in [0.15, 0.2) is 6.29 Å². The molecule has 3 heteroatoms. The first kappa shape index (κ1) is 11.0. The second-order valence-electron chi connectivity index (χ2n) is 3.46. The van der Waals surface area contributed by atoms with Crippen LogP contribution in [-0.2, 0) is 11.2 Å². The summed E-state index contributed by atoms with van der Waals surface area (Å²) in [7, 11) is 0. The Kier molecular flexibility index (Phi) is 3.15. The molecule has 0 aliphatic carbocycles. The first-order chi connectivity index (χ1) is 7.77. The van der Waals surface area contributed by atoms with Crippen LogP contribution >= 0.6 is 15.9 Å². The third-order valence-electron chi connectivity index (χ3n) is 2.56. The van der Waals surface area contributed by atoms with E-state index in [1.54, 1.807) is 0 Å². The van der Waals surface area contributed by atoms with Gasteiger partial charge < -0.3 is 4.79 Å². The molecule has 0 bridgehead atoms. The Hall–Kier alpha value is -1.48. The molecular formula is C13H9BrO2. The zero-order valence-corrected chi connectivity index (χ0v) is 10.0. The maximum absolute atomic E-state index is 11.0. The lowest BCUT2D eigenvalue weighted by Crippen LogP contribution is -1.97. The van der Waals surface area contributed by atoms with E-state index in [4.69, 9.17) is 0 Å². The molecule has 2 nitrogen and oxygen atoms in total. The van der Waals surface area contributed by atoms with Crippen molar-refractivity contribution in [3.8, 4) is 0 Å². The summed E-state index contributed by atoms with van der Waals surface area (Å²) in [4.78, 5) is 21.7. The summed E-state index contributed by atoms with van der Waals surface area (Å²) in [6.45, 7) is 0. The number of hydrogen-bond acceptors (Lipinski definition) is 2. The second-order valence-corrected chi connectivity index (χ2v) is 4.31. The largest absolute Gasteiger partial charge is 0.303 e. The molecule has 0 fully saturated rings. The molecule has 16 heavy (non-hydrogen) atoms. The van der Waals surface area contributed by atoms with Crippen LogP contribution in [0.3, 0.4) is 0 Å². The van der Waals surface area contributed by atoms with E-state index in [0.717, 1.165) is 33.4 Å². The Bertz CT molecular complexity index is 561. The molecule has 0 aromatic heterocycles. The standard InChI is InChI=1S/C13H9BrO2/c14-13-7-9-3-1-2-4-10(9)11(5-6-15)12(13)8-16/h1-4,6-8H,5H2. The number of aldehydes is 2. The lowest BCUT2D eigenvalue weighted by molar-refractivity contribution is -0.107. The highest BCUT2D eigenvalue weighted by Crippen LogP contribution is 2.28. The number of benzene rings is 2. The lowest BCUT2D eigenvalue weighted by atomic mass is 9.98. The van der Waals surface area contributed by atoms with Gasteiger partial charge in [-0.25, -0.2) is 0 Å². The highest BCUT2D eigenvalue weighted by Gasteiger charge is 2.10. The van der Waals surface area contributed by atoms with E-state index in [1.807, 2.05) is 30.3 Å². The fraction of sp³-hybridized carbons (Fsp3) is 0.0769. The Balaban J connectivity index is 2.86. The Labute approximate surface area is 101 Å². The molecule has 2 rings (SSSR count). The van der Waals surface area contributed by atoms with Gasteiger partial charge in [-0.05, 0) is 22.4 Å². The molecule has 0 spiro atoms. The van der Waals surface area contributed by atoms with E-state index < -0.39 is 0 Å². The number of carbonyl (C=O) groups excluding carboxylic acids is 2. The van der Waals surface area contributed by atoms with Crippen molar-refractivity contribution in [3.63, 3.8) is 0 Å². The molecule has 0 aliphatic heterocycles. The average molecular weight is 277 g/mol. The second kappa shape index (κ2) is 4.58. The van der Waals surface area contributed by atoms with E-state index in [2.05, 4.69) is 15.9 Å². The molecule has 0 N–H and O–H groups in total. The molecule has 0 saturated carbocycles. The third kappa shape index (κ3) is 1.78. The predicted molar refractivity (Wildman–Crippen MR) is 66.8 cm³/mol. The fourth-order valence-electron chi connectivity index (χ4n) is 1.83. The maximum atomic E-state index is 11.0. The van der Waals surface area contributed by atoms with E-state index in [0.29, 0.717) is 5.56 Å². The molecular weight excluding hydrogens is 268 g/mol. The molecule has 2 aromatic rings. The monoisotopic (exact) mass is 276 g/mol. The zero-order chi connectivity index (χ0) is 11.5. The van der Waals surface area contributed by atoms with Crippen LogP contribution in [0.5, 0.6) is 0 Å². The van der Waals surface area contributed by atoms with E-state index in [9.17, 15) is 9.59 Å². The molecule has 80 valence electrons. The number of hydrogen-bond donors (Lipinski definition) is 0. The van der Waals surface area contributed by atoms with Crippen LogP contribution < -0.4 is 0 Å². The van der Waals surface area contributed by atoms with Crippen molar-refractivity contribution in [3.05, 3.63) is 45.9 Å². The van der Waals surface area contributed by atoms with Crippen LogP contribution in [0.4, 0.5) is 0 Å². The van der Waals surface area contributed by atoms with Gasteiger partial charge >= 0.3 is 0 Å². The summed E-state index contributed by atoms with van der Waals surface area (Å²) >= 11 is 3.35. The van der Waals surface area contributed by atoms with Crippen LogP contribution in [-0.4, -0.2) is 12.6 Å². The van der Waals surface area contributed by atoms with Crippen molar-refractivity contribution >= 4 is 39.3 Å². The normalized spacial score (nSPS) is 10.3. The highest BCUT2D eigenvalue weighted by atomic mass is 79.9. The Morgan fingerprint density at radius 3 is 2.62 bits per heavy atom. The van der Waals surface area contributed by atoms with Crippen molar-refractivity contribution in [2.24, 2.45) is 0 Å². The minimum atomic E-state index is 0.258. The molecule has 0 aliphatic rings. The van der Waals surface area contributed by atoms with Crippen LogP contribution in [0.1, 0.15) is 15.9 Å².